The van der Waals surface area contributed by atoms with Crippen molar-refractivity contribution in [3.8, 4) is 0 Å². The minimum absolute atomic E-state index is 0.342. The lowest BCUT2D eigenvalue weighted by atomic mass is 10.2. The minimum atomic E-state index is -3.40. The molecule has 1 unspecified atom stereocenters. The fourth-order valence-electron chi connectivity index (χ4n) is 2.04. The smallest absolute Gasteiger partial charge is 0.205 e. The van der Waals surface area contributed by atoms with Crippen molar-refractivity contribution < 1.29 is 13.2 Å². The Bertz CT molecular complexity index is 553. The van der Waals surface area contributed by atoms with Crippen LogP contribution in [0.2, 0.25) is 0 Å². The largest absolute Gasteiger partial charge is 0.369 e. The summed E-state index contributed by atoms with van der Waals surface area (Å²) in [6, 6.07) is 6.92. The molecular formula is C13H16O3S. The van der Waals surface area contributed by atoms with Gasteiger partial charge in [0.1, 0.15) is 0 Å². The van der Waals surface area contributed by atoms with E-state index >= 15 is 0 Å². The maximum atomic E-state index is 12.4. The summed E-state index contributed by atoms with van der Waals surface area (Å²) in [4.78, 5) is 0.760. The van der Waals surface area contributed by atoms with Gasteiger partial charge < -0.3 is 4.74 Å². The topological polar surface area (TPSA) is 43.4 Å². The van der Waals surface area contributed by atoms with E-state index in [2.05, 4.69) is 0 Å². The molecule has 0 saturated heterocycles. The molecule has 3 nitrogen and oxygen atoms in total. The molecule has 2 rings (SSSR count). The van der Waals surface area contributed by atoms with Crippen LogP contribution >= 0.6 is 0 Å². The van der Waals surface area contributed by atoms with Gasteiger partial charge in [-0.1, -0.05) is 17.7 Å². The molecule has 1 heterocycles. The zero-order chi connectivity index (χ0) is 12.6. The van der Waals surface area contributed by atoms with Crippen LogP contribution in [0.25, 0.3) is 0 Å². The molecule has 0 aromatic heterocycles. The van der Waals surface area contributed by atoms with E-state index < -0.39 is 9.84 Å². The molecular weight excluding hydrogens is 236 g/mol. The third-order valence-electron chi connectivity index (χ3n) is 2.96. The van der Waals surface area contributed by atoms with Gasteiger partial charge >= 0.3 is 0 Å². The van der Waals surface area contributed by atoms with Crippen LogP contribution in [-0.2, 0) is 14.6 Å². The van der Waals surface area contributed by atoms with Crippen molar-refractivity contribution in [1.82, 2.24) is 0 Å². The number of sulfone groups is 1. The van der Waals surface area contributed by atoms with Crippen molar-refractivity contribution in [2.24, 2.45) is 0 Å². The summed E-state index contributed by atoms with van der Waals surface area (Å²) in [6.45, 7) is 5.92. The predicted octanol–water partition coefficient (Wildman–Crippen LogP) is 2.46. The second-order valence-corrected chi connectivity index (χ2v) is 6.33. The van der Waals surface area contributed by atoms with Crippen molar-refractivity contribution in [2.75, 3.05) is 6.61 Å². The summed E-state index contributed by atoms with van der Waals surface area (Å²) in [5.74, 6) is 0. The molecule has 0 aliphatic carbocycles. The van der Waals surface area contributed by atoms with E-state index in [0.717, 1.165) is 11.1 Å². The van der Waals surface area contributed by atoms with Gasteiger partial charge in [-0.2, -0.15) is 0 Å². The van der Waals surface area contributed by atoms with Gasteiger partial charge in [0.05, 0.1) is 22.5 Å². The fourth-order valence-corrected chi connectivity index (χ4v) is 3.81. The zero-order valence-electron chi connectivity index (χ0n) is 10.2. The van der Waals surface area contributed by atoms with Gasteiger partial charge in [0.25, 0.3) is 0 Å². The normalized spacial score (nSPS) is 21.0. The minimum Gasteiger partial charge on any atom is -0.369 e. The van der Waals surface area contributed by atoms with E-state index in [9.17, 15) is 8.42 Å². The first kappa shape index (κ1) is 12.3. The summed E-state index contributed by atoms with van der Waals surface area (Å²) < 4.78 is 30.2. The van der Waals surface area contributed by atoms with E-state index in [4.69, 9.17) is 4.74 Å². The van der Waals surface area contributed by atoms with Crippen molar-refractivity contribution in [2.45, 2.75) is 31.8 Å². The molecule has 1 aromatic carbocycles. The van der Waals surface area contributed by atoms with Crippen molar-refractivity contribution in [1.29, 1.82) is 0 Å². The Morgan fingerprint density at radius 2 is 1.76 bits per heavy atom. The van der Waals surface area contributed by atoms with Crippen LogP contribution in [0.3, 0.4) is 0 Å². The zero-order valence-corrected chi connectivity index (χ0v) is 11.0. The second-order valence-electron chi connectivity index (χ2n) is 4.41. The van der Waals surface area contributed by atoms with Crippen LogP contribution in [-0.4, -0.2) is 21.1 Å². The Morgan fingerprint density at radius 3 is 2.24 bits per heavy atom. The maximum Gasteiger partial charge on any atom is 0.205 e. The second kappa shape index (κ2) is 4.27. The number of aryl methyl sites for hydroxylation is 1. The average molecular weight is 252 g/mol. The molecule has 1 atom stereocenters. The third kappa shape index (κ3) is 2.15. The first-order valence-corrected chi connectivity index (χ1v) is 7.04. The summed E-state index contributed by atoms with van der Waals surface area (Å²) >= 11 is 0. The summed E-state index contributed by atoms with van der Waals surface area (Å²) in [7, 11) is -3.40. The Labute approximate surface area is 102 Å². The highest BCUT2D eigenvalue weighted by molar-refractivity contribution is 7.95. The Hall–Kier alpha value is -1.13. The van der Waals surface area contributed by atoms with E-state index in [0.29, 0.717) is 16.4 Å². The Kier molecular flexibility index (Phi) is 3.10. The molecule has 0 bridgehead atoms. The van der Waals surface area contributed by atoms with Crippen LogP contribution in [0.1, 0.15) is 19.4 Å². The average Bonchev–Trinajstić information content (AvgIpc) is 2.59. The van der Waals surface area contributed by atoms with Crippen molar-refractivity contribution in [3.05, 3.63) is 40.3 Å². The standard InChI is InChI=1S/C13H16O3S/c1-9-4-6-12(7-5-9)17(14,15)13-10(2)8-16-11(13)3/h4-7,11H,8H2,1-3H3. The van der Waals surface area contributed by atoms with Gasteiger partial charge in [0.2, 0.25) is 9.84 Å². The van der Waals surface area contributed by atoms with Gasteiger partial charge in [-0.15, -0.1) is 0 Å². The first-order chi connectivity index (χ1) is 7.93. The highest BCUT2D eigenvalue weighted by Gasteiger charge is 2.32. The van der Waals surface area contributed by atoms with Crippen LogP contribution < -0.4 is 0 Å². The molecule has 4 heteroatoms. The molecule has 0 radical (unpaired) electrons. The van der Waals surface area contributed by atoms with Gasteiger partial charge in [0.15, 0.2) is 0 Å². The van der Waals surface area contributed by atoms with Gasteiger partial charge in [-0.3, -0.25) is 0 Å². The summed E-state index contributed by atoms with van der Waals surface area (Å²) in [6.07, 6.45) is -0.346. The molecule has 1 aliphatic heterocycles. The summed E-state index contributed by atoms with van der Waals surface area (Å²) in [5.41, 5.74) is 1.85. The first-order valence-electron chi connectivity index (χ1n) is 5.56. The lowest BCUT2D eigenvalue weighted by molar-refractivity contribution is 0.137. The molecule has 0 spiro atoms. The van der Waals surface area contributed by atoms with Crippen LogP contribution in [0, 0.1) is 6.92 Å². The lowest BCUT2D eigenvalue weighted by Crippen LogP contribution is -2.14. The van der Waals surface area contributed by atoms with E-state index in [1.165, 1.54) is 0 Å². The quantitative estimate of drug-likeness (QED) is 0.812. The van der Waals surface area contributed by atoms with Crippen molar-refractivity contribution in [3.63, 3.8) is 0 Å². The number of rotatable bonds is 2. The highest BCUT2D eigenvalue weighted by atomic mass is 32.2. The molecule has 1 aromatic rings. The number of hydrogen-bond acceptors (Lipinski definition) is 3. The fraction of sp³-hybridized carbons (Fsp3) is 0.385. The van der Waals surface area contributed by atoms with Gasteiger partial charge in [-0.25, -0.2) is 8.42 Å². The van der Waals surface area contributed by atoms with E-state index in [-0.39, 0.29) is 6.10 Å². The van der Waals surface area contributed by atoms with Crippen molar-refractivity contribution >= 4 is 9.84 Å². The van der Waals surface area contributed by atoms with Crippen LogP contribution in [0.5, 0.6) is 0 Å². The molecule has 0 saturated carbocycles. The molecule has 17 heavy (non-hydrogen) atoms. The van der Waals surface area contributed by atoms with Gasteiger partial charge in [0, 0.05) is 0 Å². The maximum absolute atomic E-state index is 12.4. The number of ether oxygens (including phenoxy) is 1. The highest BCUT2D eigenvalue weighted by Crippen LogP contribution is 2.30. The van der Waals surface area contributed by atoms with Crippen LogP contribution in [0.4, 0.5) is 0 Å². The number of benzene rings is 1. The van der Waals surface area contributed by atoms with Gasteiger partial charge in [-0.05, 0) is 38.5 Å². The molecule has 0 fully saturated rings. The number of hydrogen-bond donors (Lipinski definition) is 0. The molecule has 1 aliphatic rings. The van der Waals surface area contributed by atoms with E-state index in [1.807, 2.05) is 26.0 Å². The Balaban J connectivity index is 2.51. The Morgan fingerprint density at radius 1 is 1.18 bits per heavy atom. The summed E-state index contributed by atoms with van der Waals surface area (Å²) in [5, 5.41) is 0. The lowest BCUT2D eigenvalue weighted by Gasteiger charge is -2.11. The predicted molar refractivity (Wildman–Crippen MR) is 66.5 cm³/mol. The monoisotopic (exact) mass is 252 g/mol. The SMILES string of the molecule is CC1=C(S(=O)(=O)c2ccc(C)cc2)C(C)OC1. The molecule has 92 valence electrons. The third-order valence-corrected chi connectivity index (χ3v) is 5.11. The van der Waals surface area contributed by atoms with Crippen LogP contribution in [0.15, 0.2) is 39.6 Å². The van der Waals surface area contributed by atoms with E-state index in [1.54, 1.807) is 19.1 Å². The molecule has 0 amide bonds. The molecule has 0 N–H and O–H groups in total.